The molecule has 0 unspecified atom stereocenters. The SMILES string of the molecule is O=C1C[C@H](c2ccsc2)c2snc(-c3ccccc3)c2N1. The highest BCUT2D eigenvalue weighted by Crippen LogP contribution is 2.44. The summed E-state index contributed by atoms with van der Waals surface area (Å²) in [5.74, 6) is 0.200. The van der Waals surface area contributed by atoms with Crippen molar-refractivity contribution in [1.82, 2.24) is 4.37 Å². The fourth-order valence-electron chi connectivity index (χ4n) is 2.67. The average Bonchev–Trinajstić information content (AvgIpc) is 3.17. The summed E-state index contributed by atoms with van der Waals surface area (Å²) in [4.78, 5) is 13.2. The molecule has 0 saturated carbocycles. The lowest BCUT2D eigenvalue weighted by Crippen LogP contribution is -2.22. The summed E-state index contributed by atoms with van der Waals surface area (Å²) in [5.41, 5.74) is 4.02. The molecule has 0 fully saturated rings. The van der Waals surface area contributed by atoms with E-state index in [1.807, 2.05) is 30.3 Å². The number of anilines is 1. The third kappa shape index (κ3) is 2.18. The number of amides is 1. The van der Waals surface area contributed by atoms with Crippen LogP contribution in [0.1, 0.15) is 22.8 Å². The molecule has 4 rings (SSSR count). The number of carbonyl (C=O) groups excluding carboxylic acids is 1. The molecule has 3 heterocycles. The van der Waals surface area contributed by atoms with Crippen molar-refractivity contribution < 1.29 is 4.79 Å². The van der Waals surface area contributed by atoms with Gasteiger partial charge in [0.1, 0.15) is 5.69 Å². The van der Waals surface area contributed by atoms with Crippen LogP contribution in [-0.2, 0) is 4.79 Å². The van der Waals surface area contributed by atoms with E-state index in [9.17, 15) is 4.79 Å². The molecule has 104 valence electrons. The zero-order valence-corrected chi connectivity index (χ0v) is 12.7. The topological polar surface area (TPSA) is 42.0 Å². The van der Waals surface area contributed by atoms with Gasteiger partial charge in [-0.1, -0.05) is 30.3 Å². The summed E-state index contributed by atoms with van der Waals surface area (Å²) in [6.07, 6.45) is 0.500. The van der Waals surface area contributed by atoms with Crippen LogP contribution in [0.15, 0.2) is 47.2 Å². The monoisotopic (exact) mass is 312 g/mol. The highest BCUT2D eigenvalue weighted by atomic mass is 32.1. The zero-order chi connectivity index (χ0) is 14.2. The Morgan fingerprint density at radius 1 is 1.19 bits per heavy atom. The lowest BCUT2D eigenvalue weighted by atomic mass is 9.91. The van der Waals surface area contributed by atoms with E-state index in [1.54, 1.807) is 11.3 Å². The summed E-state index contributed by atoms with van der Waals surface area (Å²) >= 11 is 3.16. The first kappa shape index (κ1) is 12.7. The number of carbonyl (C=O) groups is 1. The predicted molar refractivity (Wildman–Crippen MR) is 87.0 cm³/mol. The molecule has 0 bridgehead atoms. The Balaban J connectivity index is 1.84. The number of rotatable bonds is 2. The molecule has 5 heteroatoms. The van der Waals surface area contributed by atoms with Crippen molar-refractivity contribution in [3.8, 4) is 11.3 Å². The van der Waals surface area contributed by atoms with Crippen molar-refractivity contribution in [2.45, 2.75) is 12.3 Å². The third-order valence-corrected chi connectivity index (χ3v) is 5.34. The quantitative estimate of drug-likeness (QED) is 0.764. The van der Waals surface area contributed by atoms with Gasteiger partial charge in [0, 0.05) is 17.9 Å². The summed E-state index contributed by atoms with van der Waals surface area (Å²) < 4.78 is 4.59. The van der Waals surface area contributed by atoms with E-state index in [-0.39, 0.29) is 11.8 Å². The molecule has 3 aromatic rings. The van der Waals surface area contributed by atoms with Gasteiger partial charge >= 0.3 is 0 Å². The Hall–Kier alpha value is -1.98. The van der Waals surface area contributed by atoms with Gasteiger partial charge in [-0.05, 0) is 33.9 Å². The van der Waals surface area contributed by atoms with Gasteiger partial charge in [0.15, 0.2) is 0 Å². The molecule has 2 aromatic heterocycles. The fourth-order valence-corrected chi connectivity index (χ4v) is 4.35. The second-order valence-corrected chi connectivity index (χ2v) is 6.58. The van der Waals surface area contributed by atoms with Gasteiger partial charge in [-0.25, -0.2) is 0 Å². The molecule has 1 atom stereocenters. The van der Waals surface area contributed by atoms with Gasteiger partial charge in [-0.15, -0.1) is 0 Å². The lowest BCUT2D eigenvalue weighted by Gasteiger charge is -2.21. The van der Waals surface area contributed by atoms with Crippen LogP contribution in [0.3, 0.4) is 0 Å². The van der Waals surface area contributed by atoms with E-state index >= 15 is 0 Å². The Kier molecular flexibility index (Phi) is 3.09. The smallest absolute Gasteiger partial charge is 0.225 e. The normalized spacial score (nSPS) is 17.3. The molecule has 1 aromatic carbocycles. The molecule has 1 aliphatic heterocycles. The van der Waals surface area contributed by atoms with Gasteiger partial charge in [0.2, 0.25) is 5.91 Å². The second-order valence-electron chi connectivity index (χ2n) is 5.00. The Labute approximate surface area is 130 Å². The van der Waals surface area contributed by atoms with Crippen LogP contribution in [0, 0.1) is 0 Å². The van der Waals surface area contributed by atoms with Crippen LogP contribution in [0.2, 0.25) is 0 Å². The van der Waals surface area contributed by atoms with Gasteiger partial charge in [-0.2, -0.15) is 15.7 Å². The molecule has 0 aliphatic carbocycles. The van der Waals surface area contributed by atoms with Crippen molar-refractivity contribution in [3.05, 3.63) is 57.6 Å². The summed E-state index contributed by atoms with van der Waals surface area (Å²) in [6.45, 7) is 0. The van der Waals surface area contributed by atoms with E-state index in [1.165, 1.54) is 17.1 Å². The minimum Gasteiger partial charge on any atom is -0.323 e. The third-order valence-electron chi connectivity index (χ3n) is 3.68. The summed E-state index contributed by atoms with van der Waals surface area (Å²) in [5, 5.41) is 7.19. The molecule has 0 spiro atoms. The van der Waals surface area contributed by atoms with E-state index < -0.39 is 0 Å². The largest absolute Gasteiger partial charge is 0.323 e. The van der Waals surface area contributed by atoms with Crippen LogP contribution in [-0.4, -0.2) is 10.3 Å². The van der Waals surface area contributed by atoms with E-state index in [4.69, 9.17) is 0 Å². The van der Waals surface area contributed by atoms with E-state index in [0.717, 1.165) is 21.8 Å². The lowest BCUT2D eigenvalue weighted by molar-refractivity contribution is -0.116. The number of fused-ring (bicyclic) bond motifs is 1. The molecule has 1 amide bonds. The van der Waals surface area contributed by atoms with E-state index in [0.29, 0.717) is 6.42 Å². The molecule has 21 heavy (non-hydrogen) atoms. The zero-order valence-electron chi connectivity index (χ0n) is 11.1. The van der Waals surface area contributed by atoms with Crippen LogP contribution in [0.25, 0.3) is 11.3 Å². The van der Waals surface area contributed by atoms with Crippen molar-refractivity contribution in [3.63, 3.8) is 0 Å². The van der Waals surface area contributed by atoms with E-state index in [2.05, 4.69) is 26.5 Å². The molecule has 1 N–H and O–H groups in total. The van der Waals surface area contributed by atoms with Crippen molar-refractivity contribution >= 4 is 34.5 Å². The van der Waals surface area contributed by atoms with Crippen LogP contribution >= 0.6 is 22.9 Å². The standard InChI is InChI=1S/C16H12N2OS2/c19-13-8-12(11-6-7-20-9-11)16-15(17-13)14(18-21-16)10-4-2-1-3-5-10/h1-7,9,12H,8H2,(H,17,19)/t12-/m1/s1. The molecular weight excluding hydrogens is 300 g/mol. The van der Waals surface area contributed by atoms with Crippen LogP contribution in [0.4, 0.5) is 5.69 Å². The Morgan fingerprint density at radius 3 is 2.81 bits per heavy atom. The minimum absolute atomic E-state index is 0.0658. The number of nitrogens with zero attached hydrogens (tertiary/aromatic N) is 1. The van der Waals surface area contributed by atoms with Gasteiger partial charge in [0.05, 0.1) is 10.6 Å². The molecule has 0 saturated heterocycles. The maximum atomic E-state index is 12.1. The van der Waals surface area contributed by atoms with Crippen molar-refractivity contribution in [2.24, 2.45) is 0 Å². The van der Waals surface area contributed by atoms with Crippen LogP contribution < -0.4 is 5.32 Å². The summed E-state index contributed by atoms with van der Waals surface area (Å²) in [7, 11) is 0. The number of benzene rings is 1. The second kappa shape index (κ2) is 5.09. The first-order valence-corrected chi connectivity index (χ1v) is 8.41. The Morgan fingerprint density at radius 2 is 2.05 bits per heavy atom. The van der Waals surface area contributed by atoms with Crippen molar-refractivity contribution in [1.29, 1.82) is 0 Å². The van der Waals surface area contributed by atoms with Gasteiger partial charge in [0.25, 0.3) is 0 Å². The number of aromatic nitrogens is 1. The maximum Gasteiger partial charge on any atom is 0.225 e. The number of hydrogen-bond acceptors (Lipinski definition) is 4. The van der Waals surface area contributed by atoms with Gasteiger partial charge in [-0.3, -0.25) is 4.79 Å². The predicted octanol–water partition coefficient (Wildman–Crippen LogP) is 4.35. The molecular formula is C16H12N2OS2. The van der Waals surface area contributed by atoms with Crippen LogP contribution in [0.5, 0.6) is 0 Å². The van der Waals surface area contributed by atoms with Gasteiger partial charge < -0.3 is 5.32 Å². The maximum absolute atomic E-state index is 12.1. The average molecular weight is 312 g/mol. The minimum atomic E-state index is 0.0658. The molecule has 0 radical (unpaired) electrons. The first-order valence-electron chi connectivity index (χ1n) is 6.70. The number of nitrogens with one attached hydrogen (secondary N) is 1. The number of hydrogen-bond donors (Lipinski definition) is 1. The Bertz CT molecular complexity index is 778. The first-order chi connectivity index (χ1) is 10.3. The number of thiophene rings is 1. The highest BCUT2D eigenvalue weighted by molar-refractivity contribution is 7.08. The molecule has 1 aliphatic rings. The molecule has 3 nitrogen and oxygen atoms in total. The van der Waals surface area contributed by atoms with Crippen molar-refractivity contribution in [2.75, 3.05) is 5.32 Å². The fraction of sp³-hybridized carbons (Fsp3) is 0.125. The summed E-state index contributed by atoms with van der Waals surface area (Å²) in [6, 6.07) is 12.1. The highest BCUT2D eigenvalue weighted by Gasteiger charge is 2.31.